The monoisotopic (exact) mass is 272 g/mol. The van der Waals surface area contributed by atoms with E-state index in [0.717, 1.165) is 43.7 Å². The molecule has 1 aliphatic heterocycles. The van der Waals surface area contributed by atoms with E-state index in [0.29, 0.717) is 5.92 Å². The maximum Gasteiger partial charge on any atom is 0.154 e. The van der Waals surface area contributed by atoms with Crippen molar-refractivity contribution in [1.82, 2.24) is 14.6 Å². The molecule has 1 atom stereocenters. The van der Waals surface area contributed by atoms with Gasteiger partial charge in [-0.05, 0) is 38.2 Å². The van der Waals surface area contributed by atoms with Crippen LogP contribution in [0.25, 0.3) is 5.52 Å². The Morgan fingerprint density at radius 1 is 1.15 bits per heavy atom. The maximum atomic E-state index is 9.79. The molecule has 106 valence electrons. The summed E-state index contributed by atoms with van der Waals surface area (Å²) in [5.41, 5.74) is 2.31. The van der Waals surface area contributed by atoms with Crippen LogP contribution in [0, 0.1) is 0 Å². The van der Waals surface area contributed by atoms with E-state index >= 15 is 0 Å². The SMILES string of the molecule is OC1CCCN(c2nccn3nc(C4CC4)cc23)CC1. The zero-order valence-corrected chi connectivity index (χ0v) is 11.6. The molecule has 2 aliphatic rings. The molecule has 1 saturated carbocycles. The molecule has 20 heavy (non-hydrogen) atoms. The van der Waals surface area contributed by atoms with Gasteiger partial charge in [0.25, 0.3) is 0 Å². The number of aromatic nitrogens is 3. The molecule has 5 heteroatoms. The van der Waals surface area contributed by atoms with Gasteiger partial charge in [-0.25, -0.2) is 9.50 Å². The Labute approximate surface area is 118 Å². The fraction of sp³-hybridized carbons (Fsp3) is 0.600. The summed E-state index contributed by atoms with van der Waals surface area (Å²) in [6.07, 6.45) is 8.87. The number of aliphatic hydroxyl groups is 1. The van der Waals surface area contributed by atoms with Gasteiger partial charge < -0.3 is 10.0 Å². The van der Waals surface area contributed by atoms with Crippen LogP contribution in [0.15, 0.2) is 18.5 Å². The smallest absolute Gasteiger partial charge is 0.154 e. The van der Waals surface area contributed by atoms with Gasteiger partial charge in [-0.3, -0.25) is 0 Å². The minimum atomic E-state index is -0.160. The first-order valence-electron chi connectivity index (χ1n) is 7.58. The van der Waals surface area contributed by atoms with E-state index in [2.05, 4.69) is 21.0 Å². The number of anilines is 1. The van der Waals surface area contributed by atoms with Crippen LogP contribution < -0.4 is 4.90 Å². The molecular weight excluding hydrogens is 252 g/mol. The maximum absolute atomic E-state index is 9.79. The molecule has 2 fully saturated rings. The topological polar surface area (TPSA) is 53.7 Å². The molecule has 5 nitrogen and oxygen atoms in total. The fourth-order valence-electron chi connectivity index (χ4n) is 3.04. The molecule has 0 amide bonds. The molecule has 1 N–H and O–H groups in total. The van der Waals surface area contributed by atoms with Crippen molar-refractivity contribution in [2.45, 2.75) is 44.1 Å². The van der Waals surface area contributed by atoms with Crippen LogP contribution in [0.3, 0.4) is 0 Å². The molecule has 1 aliphatic carbocycles. The van der Waals surface area contributed by atoms with Crippen molar-refractivity contribution in [2.24, 2.45) is 0 Å². The normalized spacial score (nSPS) is 24.1. The van der Waals surface area contributed by atoms with Crippen LogP contribution in [0.1, 0.15) is 43.7 Å². The molecule has 0 bridgehead atoms. The van der Waals surface area contributed by atoms with E-state index in [1.807, 2.05) is 16.9 Å². The van der Waals surface area contributed by atoms with Crippen LogP contribution >= 0.6 is 0 Å². The molecule has 2 aromatic rings. The molecule has 1 saturated heterocycles. The highest BCUT2D eigenvalue weighted by Gasteiger charge is 2.27. The highest BCUT2D eigenvalue weighted by atomic mass is 16.3. The van der Waals surface area contributed by atoms with Crippen molar-refractivity contribution in [1.29, 1.82) is 0 Å². The summed E-state index contributed by atoms with van der Waals surface area (Å²) < 4.78 is 1.96. The molecule has 0 aromatic carbocycles. The first-order valence-corrected chi connectivity index (χ1v) is 7.58. The predicted molar refractivity (Wildman–Crippen MR) is 77.0 cm³/mol. The van der Waals surface area contributed by atoms with E-state index in [1.54, 1.807) is 0 Å². The third kappa shape index (κ3) is 2.16. The van der Waals surface area contributed by atoms with Gasteiger partial charge in [-0.2, -0.15) is 5.10 Å². The van der Waals surface area contributed by atoms with Gasteiger partial charge in [-0.15, -0.1) is 0 Å². The van der Waals surface area contributed by atoms with Crippen molar-refractivity contribution in [3.63, 3.8) is 0 Å². The number of hydrogen-bond acceptors (Lipinski definition) is 4. The van der Waals surface area contributed by atoms with E-state index in [9.17, 15) is 5.11 Å². The molecule has 2 aromatic heterocycles. The van der Waals surface area contributed by atoms with E-state index in [1.165, 1.54) is 18.5 Å². The minimum absolute atomic E-state index is 0.160. The molecule has 0 spiro atoms. The summed E-state index contributed by atoms with van der Waals surface area (Å²) in [6, 6.07) is 2.20. The number of nitrogens with zero attached hydrogens (tertiary/aromatic N) is 4. The summed E-state index contributed by atoms with van der Waals surface area (Å²) >= 11 is 0. The highest BCUT2D eigenvalue weighted by Crippen LogP contribution is 2.40. The van der Waals surface area contributed by atoms with E-state index in [-0.39, 0.29) is 6.10 Å². The van der Waals surface area contributed by atoms with Crippen molar-refractivity contribution in [3.8, 4) is 0 Å². The predicted octanol–water partition coefficient (Wildman–Crippen LogP) is 1.96. The van der Waals surface area contributed by atoms with Crippen molar-refractivity contribution >= 4 is 11.3 Å². The molecule has 3 heterocycles. The summed E-state index contributed by atoms with van der Waals surface area (Å²) in [4.78, 5) is 6.87. The van der Waals surface area contributed by atoms with Crippen LogP contribution in [-0.4, -0.2) is 38.9 Å². The lowest BCUT2D eigenvalue weighted by atomic mass is 10.2. The van der Waals surface area contributed by atoms with Gasteiger partial charge in [-0.1, -0.05) is 0 Å². The quantitative estimate of drug-likeness (QED) is 0.908. The van der Waals surface area contributed by atoms with Crippen LogP contribution in [0.2, 0.25) is 0 Å². The molecule has 0 radical (unpaired) electrons. The lowest BCUT2D eigenvalue weighted by molar-refractivity contribution is 0.161. The molecule has 4 rings (SSSR count). The number of aliphatic hydroxyl groups excluding tert-OH is 1. The van der Waals surface area contributed by atoms with Crippen molar-refractivity contribution in [3.05, 3.63) is 24.2 Å². The van der Waals surface area contributed by atoms with Gasteiger partial charge in [0.05, 0.1) is 11.8 Å². The van der Waals surface area contributed by atoms with Crippen molar-refractivity contribution in [2.75, 3.05) is 18.0 Å². The second kappa shape index (κ2) is 4.74. The second-order valence-corrected chi connectivity index (χ2v) is 6.00. The third-order valence-electron chi connectivity index (χ3n) is 4.38. The van der Waals surface area contributed by atoms with Gasteiger partial charge in [0, 0.05) is 31.4 Å². The van der Waals surface area contributed by atoms with E-state index in [4.69, 9.17) is 0 Å². The molecular formula is C15H20N4O. The Morgan fingerprint density at radius 3 is 2.90 bits per heavy atom. The Kier molecular flexibility index (Phi) is 2.88. The van der Waals surface area contributed by atoms with Gasteiger partial charge >= 0.3 is 0 Å². The van der Waals surface area contributed by atoms with Gasteiger partial charge in [0.15, 0.2) is 5.82 Å². The van der Waals surface area contributed by atoms with Crippen LogP contribution in [0.4, 0.5) is 5.82 Å². The Balaban J connectivity index is 1.70. The Hall–Kier alpha value is -1.62. The summed E-state index contributed by atoms with van der Waals surface area (Å²) in [7, 11) is 0. The Morgan fingerprint density at radius 2 is 2.05 bits per heavy atom. The molecule has 1 unspecified atom stereocenters. The summed E-state index contributed by atoms with van der Waals surface area (Å²) in [6.45, 7) is 1.84. The second-order valence-electron chi connectivity index (χ2n) is 6.00. The van der Waals surface area contributed by atoms with Crippen LogP contribution in [-0.2, 0) is 0 Å². The summed E-state index contributed by atoms with van der Waals surface area (Å²) in [5.74, 6) is 1.68. The highest BCUT2D eigenvalue weighted by molar-refractivity contribution is 5.69. The summed E-state index contributed by atoms with van der Waals surface area (Å²) in [5, 5.41) is 14.5. The first kappa shape index (κ1) is 12.1. The minimum Gasteiger partial charge on any atom is -0.393 e. The average molecular weight is 272 g/mol. The third-order valence-corrected chi connectivity index (χ3v) is 4.38. The number of rotatable bonds is 2. The Bertz CT molecular complexity index is 619. The van der Waals surface area contributed by atoms with Crippen LogP contribution in [0.5, 0.6) is 0 Å². The van der Waals surface area contributed by atoms with Gasteiger partial charge in [0.2, 0.25) is 0 Å². The van der Waals surface area contributed by atoms with Gasteiger partial charge in [0.1, 0.15) is 5.52 Å². The first-order chi connectivity index (χ1) is 9.81. The average Bonchev–Trinajstić information content (AvgIpc) is 3.23. The number of hydrogen-bond donors (Lipinski definition) is 1. The van der Waals surface area contributed by atoms with Crippen molar-refractivity contribution < 1.29 is 5.11 Å². The zero-order chi connectivity index (χ0) is 13.5. The largest absolute Gasteiger partial charge is 0.393 e. The number of fused-ring (bicyclic) bond motifs is 1. The lowest BCUT2D eigenvalue weighted by Crippen LogP contribution is -2.26. The zero-order valence-electron chi connectivity index (χ0n) is 11.6. The van der Waals surface area contributed by atoms with E-state index < -0.39 is 0 Å². The lowest BCUT2D eigenvalue weighted by Gasteiger charge is -2.21. The fourth-order valence-corrected chi connectivity index (χ4v) is 3.04. The standard InChI is InChI=1S/C15H20N4O/c20-12-2-1-7-18(8-5-12)15-14-10-13(11-3-4-11)17-19(14)9-6-16-15/h6,9-12,20H,1-5,7-8H2.